The number of pyridine rings is 1. The van der Waals surface area contributed by atoms with Crippen LogP contribution in [0.3, 0.4) is 0 Å². The summed E-state index contributed by atoms with van der Waals surface area (Å²) < 4.78 is 1.10. The number of aromatic hydroxyl groups is 1. The molecule has 2 atom stereocenters. The largest absolute Gasteiger partial charge is 0.493 e. The Labute approximate surface area is 239 Å². The molecule has 40 heavy (non-hydrogen) atoms. The molecule has 2 rings (SSSR count). The Morgan fingerprint density at radius 1 is 1.02 bits per heavy atom. The minimum atomic E-state index is -0.555. The first-order valence-corrected chi connectivity index (χ1v) is 14.9. The summed E-state index contributed by atoms with van der Waals surface area (Å²) in [4.78, 5) is 28.4. The summed E-state index contributed by atoms with van der Waals surface area (Å²) in [6.45, 7) is 13.8. The molecule has 218 valence electrons. The standard InChI is InChI=1S/C32H47N5O3/c1-7-12-15-24(9-3)21-36(22-25(10-4)16-13-8-2)30(38)26-17-14-18-27(19-26)34-35-29-23(6)28(20-33)31(39)37(11-5)32(29)40/h14,17-19,24-25,40H,7-13,15-16,21-22H2,1-6H3/b35-34+. The zero-order chi connectivity index (χ0) is 29.7. The van der Waals surface area contributed by atoms with Crippen LogP contribution in [0.2, 0.25) is 0 Å². The van der Waals surface area contributed by atoms with Crippen molar-refractivity contribution < 1.29 is 9.90 Å². The number of amides is 1. The lowest BCUT2D eigenvalue weighted by molar-refractivity contribution is 0.0685. The van der Waals surface area contributed by atoms with Crippen LogP contribution in [-0.2, 0) is 6.54 Å². The number of nitriles is 1. The van der Waals surface area contributed by atoms with Gasteiger partial charge < -0.3 is 10.0 Å². The maximum atomic E-state index is 13.9. The summed E-state index contributed by atoms with van der Waals surface area (Å²) in [6, 6.07) is 8.95. The molecule has 2 unspecified atom stereocenters. The van der Waals surface area contributed by atoms with Gasteiger partial charge in [0.05, 0.1) is 5.69 Å². The number of nitrogens with zero attached hydrogens (tertiary/aromatic N) is 5. The molecule has 0 aliphatic heterocycles. The van der Waals surface area contributed by atoms with Crippen molar-refractivity contribution in [1.82, 2.24) is 9.47 Å². The lowest BCUT2D eigenvalue weighted by Gasteiger charge is -2.31. The van der Waals surface area contributed by atoms with Gasteiger partial charge in [-0.1, -0.05) is 72.3 Å². The van der Waals surface area contributed by atoms with Crippen LogP contribution in [0.4, 0.5) is 11.4 Å². The van der Waals surface area contributed by atoms with Crippen molar-refractivity contribution >= 4 is 17.3 Å². The van der Waals surface area contributed by atoms with Crippen LogP contribution in [0.5, 0.6) is 5.88 Å². The smallest absolute Gasteiger partial charge is 0.271 e. The monoisotopic (exact) mass is 549 g/mol. The number of benzene rings is 1. The number of unbranched alkanes of at least 4 members (excludes halogenated alkanes) is 2. The van der Waals surface area contributed by atoms with Gasteiger partial charge in [-0.05, 0) is 56.7 Å². The maximum Gasteiger partial charge on any atom is 0.271 e. The van der Waals surface area contributed by atoms with E-state index in [0.717, 1.165) is 69.0 Å². The second-order valence-corrected chi connectivity index (χ2v) is 10.6. The van der Waals surface area contributed by atoms with Gasteiger partial charge in [-0.2, -0.15) is 10.4 Å². The van der Waals surface area contributed by atoms with Gasteiger partial charge >= 0.3 is 0 Å². The molecule has 1 amide bonds. The predicted molar refractivity (Wildman–Crippen MR) is 161 cm³/mol. The topological polar surface area (TPSA) is 111 Å². The molecule has 1 heterocycles. The van der Waals surface area contributed by atoms with E-state index in [4.69, 9.17) is 0 Å². The van der Waals surface area contributed by atoms with Crippen molar-refractivity contribution in [2.45, 2.75) is 99.5 Å². The van der Waals surface area contributed by atoms with E-state index in [-0.39, 0.29) is 35.1 Å². The normalized spacial score (nSPS) is 12.8. The first-order valence-electron chi connectivity index (χ1n) is 14.9. The Morgan fingerprint density at radius 3 is 2.12 bits per heavy atom. The van der Waals surface area contributed by atoms with E-state index in [9.17, 15) is 20.0 Å². The van der Waals surface area contributed by atoms with Gasteiger partial charge in [-0.3, -0.25) is 14.2 Å². The van der Waals surface area contributed by atoms with Crippen LogP contribution < -0.4 is 5.56 Å². The summed E-state index contributed by atoms with van der Waals surface area (Å²) in [7, 11) is 0. The molecule has 0 fully saturated rings. The van der Waals surface area contributed by atoms with E-state index < -0.39 is 5.56 Å². The first kappa shape index (κ1) is 32.7. The molecule has 2 aromatic rings. The molecule has 0 radical (unpaired) electrons. The van der Waals surface area contributed by atoms with E-state index in [1.54, 1.807) is 32.0 Å². The highest BCUT2D eigenvalue weighted by atomic mass is 16.3. The van der Waals surface area contributed by atoms with Gasteiger partial charge in [0.15, 0.2) is 5.69 Å². The van der Waals surface area contributed by atoms with Crippen molar-refractivity contribution in [2.24, 2.45) is 22.1 Å². The van der Waals surface area contributed by atoms with E-state index in [1.165, 1.54) is 0 Å². The van der Waals surface area contributed by atoms with Crippen LogP contribution in [0.15, 0.2) is 39.3 Å². The van der Waals surface area contributed by atoms with Crippen molar-refractivity contribution in [2.75, 3.05) is 13.1 Å². The molecule has 0 aliphatic carbocycles. The molecule has 0 saturated heterocycles. The van der Waals surface area contributed by atoms with Crippen molar-refractivity contribution in [3.8, 4) is 11.9 Å². The minimum Gasteiger partial charge on any atom is -0.493 e. The Kier molecular flexibility index (Phi) is 13.6. The van der Waals surface area contributed by atoms with Gasteiger partial charge in [0.2, 0.25) is 5.88 Å². The van der Waals surface area contributed by atoms with Crippen LogP contribution in [0.25, 0.3) is 0 Å². The van der Waals surface area contributed by atoms with Gasteiger partial charge in [-0.15, -0.1) is 5.11 Å². The SMILES string of the molecule is CCCCC(CC)CN(CC(CC)CCCC)C(=O)c1cccc(/N=N/c2c(C)c(C#N)c(=O)n(CC)c2O)c1. The summed E-state index contributed by atoms with van der Waals surface area (Å²) in [5, 5.41) is 28.6. The van der Waals surface area contributed by atoms with Gasteiger partial charge in [-0.25, -0.2) is 0 Å². The average Bonchev–Trinajstić information content (AvgIpc) is 2.96. The minimum absolute atomic E-state index is 0.00715. The second kappa shape index (κ2) is 16.6. The number of aromatic nitrogens is 1. The fraction of sp³-hybridized carbons (Fsp3) is 0.594. The highest BCUT2D eigenvalue weighted by Gasteiger charge is 2.23. The summed E-state index contributed by atoms with van der Waals surface area (Å²) in [5.74, 6) is 0.587. The fourth-order valence-corrected chi connectivity index (χ4v) is 5.04. The first-order chi connectivity index (χ1) is 19.3. The fourth-order valence-electron chi connectivity index (χ4n) is 5.04. The summed E-state index contributed by atoms with van der Waals surface area (Å²) in [5.41, 5.74) is 0.709. The van der Waals surface area contributed by atoms with E-state index in [1.807, 2.05) is 17.0 Å². The third kappa shape index (κ3) is 8.51. The maximum absolute atomic E-state index is 13.9. The average molecular weight is 550 g/mol. The van der Waals surface area contributed by atoms with E-state index >= 15 is 0 Å². The van der Waals surface area contributed by atoms with Crippen molar-refractivity contribution in [3.05, 3.63) is 51.3 Å². The van der Waals surface area contributed by atoms with Gasteiger partial charge in [0.25, 0.3) is 11.5 Å². The number of hydrogen-bond acceptors (Lipinski definition) is 6. The van der Waals surface area contributed by atoms with Gasteiger partial charge in [0, 0.05) is 30.8 Å². The summed E-state index contributed by atoms with van der Waals surface area (Å²) >= 11 is 0. The second-order valence-electron chi connectivity index (χ2n) is 10.6. The summed E-state index contributed by atoms with van der Waals surface area (Å²) in [6.07, 6.45) is 8.92. The van der Waals surface area contributed by atoms with Crippen LogP contribution in [0.1, 0.15) is 107 Å². The molecule has 8 nitrogen and oxygen atoms in total. The lowest BCUT2D eigenvalue weighted by atomic mass is 9.95. The quantitative estimate of drug-likeness (QED) is 0.213. The highest BCUT2D eigenvalue weighted by molar-refractivity contribution is 5.95. The molecule has 0 aliphatic rings. The molecule has 0 spiro atoms. The number of carbonyl (C=O) groups is 1. The Hall–Kier alpha value is -3.47. The van der Waals surface area contributed by atoms with E-state index in [0.29, 0.717) is 23.1 Å². The molecular formula is C32H47N5O3. The van der Waals surface area contributed by atoms with E-state index in [2.05, 4.69) is 37.9 Å². The Balaban J connectivity index is 2.41. The van der Waals surface area contributed by atoms with Crippen molar-refractivity contribution in [3.63, 3.8) is 0 Å². The van der Waals surface area contributed by atoms with Crippen molar-refractivity contribution in [1.29, 1.82) is 5.26 Å². The Bertz CT molecular complexity index is 1230. The molecule has 0 bridgehead atoms. The third-order valence-corrected chi connectivity index (χ3v) is 7.77. The van der Waals surface area contributed by atoms with Crippen LogP contribution >= 0.6 is 0 Å². The highest BCUT2D eigenvalue weighted by Crippen LogP contribution is 2.32. The molecule has 1 aromatic heterocycles. The van der Waals surface area contributed by atoms with Crippen LogP contribution in [-0.4, -0.2) is 33.6 Å². The van der Waals surface area contributed by atoms with Crippen LogP contribution in [0, 0.1) is 30.1 Å². The Morgan fingerprint density at radius 2 is 1.62 bits per heavy atom. The number of rotatable bonds is 16. The predicted octanol–water partition coefficient (Wildman–Crippen LogP) is 8.04. The zero-order valence-electron chi connectivity index (χ0n) is 25.2. The van der Waals surface area contributed by atoms with Gasteiger partial charge in [0.1, 0.15) is 11.6 Å². The number of carbonyl (C=O) groups excluding carboxylic acids is 1. The molecular weight excluding hydrogens is 502 g/mol. The molecule has 1 N–H and O–H groups in total. The third-order valence-electron chi connectivity index (χ3n) is 7.77. The number of azo groups is 1. The molecule has 0 saturated carbocycles. The number of hydrogen-bond donors (Lipinski definition) is 1. The lowest BCUT2D eigenvalue weighted by Crippen LogP contribution is -2.39. The molecule has 1 aromatic carbocycles. The molecule has 8 heteroatoms. The zero-order valence-corrected chi connectivity index (χ0v) is 25.2.